The predicted octanol–water partition coefficient (Wildman–Crippen LogP) is 2.20. The van der Waals surface area contributed by atoms with Crippen molar-refractivity contribution in [3.05, 3.63) is 52.2 Å². The summed E-state index contributed by atoms with van der Waals surface area (Å²) < 4.78 is 0. The van der Waals surface area contributed by atoms with E-state index in [-0.39, 0.29) is 17.7 Å². The van der Waals surface area contributed by atoms with Crippen molar-refractivity contribution in [1.82, 2.24) is 5.32 Å². The normalized spacial score (nSPS) is 13.7. The summed E-state index contributed by atoms with van der Waals surface area (Å²) >= 11 is 1.61. The molecule has 2 atom stereocenters. The van der Waals surface area contributed by atoms with E-state index in [1.54, 1.807) is 35.6 Å². The van der Waals surface area contributed by atoms with Gasteiger partial charge in [-0.15, -0.1) is 11.3 Å². The maximum absolute atomic E-state index is 12.0. The van der Waals surface area contributed by atoms with E-state index < -0.39 is 6.04 Å². The highest BCUT2D eigenvalue weighted by Gasteiger charge is 2.17. The second-order valence-electron chi connectivity index (χ2n) is 4.72. The molecule has 1 amide bonds. The van der Waals surface area contributed by atoms with E-state index in [9.17, 15) is 9.90 Å². The topological polar surface area (TPSA) is 75.4 Å². The number of nitrogens with one attached hydrogen (secondary N) is 1. The fourth-order valence-corrected chi connectivity index (χ4v) is 2.64. The second-order valence-corrected chi connectivity index (χ2v) is 5.70. The molecule has 0 aliphatic rings. The SMILES string of the molecule is C[C@H](NC(=O)[C@@H](N)Cc1ccc(O)cc1)c1cccs1. The number of phenolic OH excluding ortho intramolecular Hbond substituents is 1. The zero-order valence-corrected chi connectivity index (χ0v) is 12.1. The molecule has 1 aromatic carbocycles. The molecule has 0 spiro atoms. The van der Waals surface area contributed by atoms with Crippen LogP contribution in [0.3, 0.4) is 0 Å². The van der Waals surface area contributed by atoms with E-state index in [0.717, 1.165) is 10.4 Å². The molecular formula is C15H18N2O2S. The maximum atomic E-state index is 12.0. The molecule has 5 heteroatoms. The molecule has 0 aliphatic heterocycles. The van der Waals surface area contributed by atoms with Crippen LogP contribution in [0.2, 0.25) is 0 Å². The number of nitrogens with two attached hydrogens (primary N) is 1. The smallest absolute Gasteiger partial charge is 0.237 e. The minimum atomic E-state index is -0.595. The Morgan fingerprint density at radius 3 is 2.65 bits per heavy atom. The third kappa shape index (κ3) is 3.82. The van der Waals surface area contributed by atoms with Crippen LogP contribution < -0.4 is 11.1 Å². The van der Waals surface area contributed by atoms with Gasteiger partial charge in [0.2, 0.25) is 5.91 Å². The average Bonchev–Trinajstić information content (AvgIpc) is 2.95. The van der Waals surface area contributed by atoms with Crippen LogP contribution in [0.25, 0.3) is 0 Å². The van der Waals surface area contributed by atoms with Crippen LogP contribution in [-0.4, -0.2) is 17.1 Å². The van der Waals surface area contributed by atoms with E-state index in [2.05, 4.69) is 5.32 Å². The highest BCUT2D eigenvalue weighted by atomic mass is 32.1. The van der Waals surface area contributed by atoms with Crippen molar-refractivity contribution in [2.75, 3.05) is 0 Å². The van der Waals surface area contributed by atoms with Crippen molar-refractivity contribution in [3.8, 4) is 5.75 Å². The third-order valence-corrected chi connectivity index (χ3v) is 4.11. The summed E-state index contributed by atoms with van der Waals surface area (Å²) in [5.41, 5.74) is 6.84. The van der Waals surface area contributed by atoms with Gasteiger partial charge in [-0.3, -0.25) is 4.79 Å². The van der Waals surface area contributed by atoms with Crippen LogP contribution in [0.1, 0.15) is 23.4 Å². The minimum absolute atomic E-state index is 0.0339. The molecule has 2 aromatic rings. The number of phenols is 1. The van der Waals surface area contributed by atoms with Crippen molar-refractivity contribution in [1.29, 1.82) is 0 Å². The molecule has 0 fully saturated rings. The van der Waals surface area contributed by atoms with Gasteiger partial charge in [-0.1, -0.05) is 18.2 Å². The first kappa shape index (κ1) is 14.6. The maximum Gasteiger partial charge on any atom is 0.237 e. The average molecular weight is 290 g/mol. The van der Waals surface area contributed by atoms with E-state index in [4.69, 9.17) is 5.73 Å². The van der Waals surface area contributed by atoms with Crippen molar-refractivity contribution < 1.29 is 9.90 Å². The molecule has 4 N–H and O–H groups in total. The van der Waals surface area contributed by atoms with Crippen LogP contribution in [0.4, 0.5) is 0 Å². The third-order valence-electron chi connectivity index (χ3n) is 3.06. The molecule has 4 nitrogen and oxygen atoms in total. The van der Waals surface area contributed by atoms with Gasteiger partial charge in [-0.2, -0.15) is 0 Å². The Hall–Kier alpha value is -1.85. The van der Waals surface area contributed by atoms with E-state index in [0.29, 0.717) is 6.42 Å². The molecule has 20 heavy (non-hydrogen) atoms. The monoisotopic (exact) mass is 290 g/mol. The summed E-state index contributed by atoms with van der Waals surface area (Å²) in [6.07, 6.45) is 0.448. The lowest BCUT2D eigenvalue weighted by atomic mass is 10.1. The quantitative estimate of drug-likeness (QED) is 0.790. The zero-order valence-electron chi connectivity index (χ0n) is 11.2. The Kier molecular flexibility index (Phi) is 4.76. The fraction of sp³-hybridized carbons (Fsp3) is 0.267. The molecule has 0 unspecified atom stereocenters. The molecule has 0 bridgehead atoms. The van der Waals surface area contributed by atoms with Gasteiger partial charge in [0.05, 0.1) is 12.1 Å². The van der Waals surface area contributed by atoms with Crippen LogP contribution in [0, 0.1) is 0 Å². The first-order valence-electron chi connectivity index (χ1n) is 6.43. The zero-order chi connectivity index (χ0) is 14.5. The summed E-state index contributed by atoms with van der Waals surface area (Å²) in [7, 11) is 0. The first-order valence-corrected chi connectivity index (χ1v) is 7.31. The van der Waals surface area contributed by atoms with Crippen molar-refractivity contribution in [3.63, 3.8) is 0 Å². The number of aromatic hydroxyl groups is 1. The lowest BCUT2D eigenvalue weighted by molar-refractivity contribution is -0.122. The Labute approximate surface area is 122 Å². The second kappa shape index (κ2) is 6.54. The van der Waals surface area contributed by atoms with E-state index in [1.165, 1.54) is 0 Å². The Morgan fingerprint density at radius 2 is 2.05 bits per heavy atom. The van der Waals surface area contributed by atoms with Crippen molar-refractivity contribution in [2.24, 2.45) is 5.73 Å². The summed E-state index contributed by atoms with van der Waals surface area (Å²) in [6.45, 7) is 1.94. The van der Waals surface area contributed by atoms with Gasteiger partial charge >= 0.3 is 0 Å². The van der Waals surface area contributed by atoms with Crippen LogP contribution >= 0.6 is 11.3 Å². The number of amides is 1. The van der Waals surface area contributed by atoms with Gasteiger partial charge in [-0.05, 0) is 42.5 Å². The van der Waals surface area contributed by atoms with Gasteiger partial charge in [0, 0.05) is 4.88 Å². The number of carbonyl (C=O) groups is 1. The number of carbonyl (C=O) groups excluding carboxylic acids is 1. The summed E-state index contributed by atoms with van der Waals surface area (Å²) in [5.74, 6) is 0.0389. The Morgan fingerprint density at radius 1 is 1.35 bits per heavy atom. The van der Waals surface area contributed by atoms with Crippen molar-refractivity contribution >= 4 is 17.2 Å². The van der Waals surface area contributed by atoms with Gasteiger partial charge in [-0.25, -0.2) is 0 Å². The fourth-order valence-electron chi connectivity index (χ4n) is 1.91. The number of rotatable bonds is 5. The molecule has 2 rings (SSSR count). The molecule has 106 valence electrons. The van der Waals surface area contributed by atoms with Crippen LogP contribution in [0.15, 0.2) is 41.8 Å². The Balaban J connectivity index is 1.90. The molecule has 0 saturated carbocycles. The highest BCUT2D eigenvalue weighted by Crippen LogP contribution is 2.18. The highest BCUT2D eigenvalue weighted by molar-refractivity contribution is 7.10. The number of hydrogen-bond acceptors (Lipinski definition) is 4. The molecule has 0 radical (unpaired) electrons. The molecule has 0 saturated heterocycles. The number of thiophene rings is 1. The standard InChI is InChI=1S/C15H18N2O2S/c1-10(14-3-2-8-20-14)17-15(19)13(16)9-11-4-6-12(18)7-5-11/h2-8,10,13,18H,9,16H2,1H3,(H,17,19)/t10-,13-/m0/s1. The van der Waals surface area contributed by atoms with Gasteiger partial charge in [0.25, 0.3) is 0 Å². The lowest BCUT2D eigenvalue weighted by Gasteiger charge is -2.16. The van der Waals surface area contributed by atoms with Crippen molar-refractivity contribution in [2.45, 2.75) is 25.4 Å². The number of benzene rings is 1. The Bertz CT molecular complexity index is 552. The first-order chi connectivity index (χ1) is 9.56. The largest absolute Gasteiger partial charge is 0.508 e. The van der Waals surface area contributed by atoms with Crippen LogP contribution in [0.5, 0.6) is 5.75 Å². The van der Waals surface area contributed by atoms with Gasteiger partial charge in [0.1, 0.15) is 5.75 Å². The number of hydrogen-bond donors (Lipinski definition) is 3. The molecule has 1 aromatic heterocycles. The summed E-state index contributed by atoms with van der Waals surface area (Å²) in [4.78, 5) is 13.1. The molecular weight excluding hydrogens is 272 g/mol. The molecule has 0 aliphatic carbocycles. The summed E-state index contributed by atoms with van der Waals surface area (Å²) in [5, 5.41) is 14.1. The summed E-state index contributed by atoms with van der Waals surface area (Å²) in [6, 6.07) is 10.0. The van der Waals surface area contributed by atoms with Gasteiger partial charge in [0.15, 0.2) is 0 Å². The van der Waals surface area contributed by atoms with Crippen LogP contribution in [-0.2, 0) is 11.2 Å². The lowest BCUT2D eigenvalue weighted by Crippen LogP contribution is -2.42. The molecule has 1 heterocycles. The predicted molar refractivity (Wildman–Crippen MR) is 80.7 cm³/mol. The van der Waals surface area contributed by atoms with E-state index >= 15 is 0 Å². The van der Waals surface area contributed by atoms with Gasteiger partial charge < -0.3 is 16.2 Å². The van der Waals surface area contributed by atoms with E-state index in [1.807, 2.05) is 24.4 Å². The minimum Gasteiger partial charge on any atom is -0.508 e.